The van der Waals surface area contributed by atoms with E-state index in [-0.39, 0.29) is 11.9 Å². The van der Waals surface area contributed by atoms with Crippen LogP contribution in [0.2, 0.25) is 10.0 Å². The molecule has 0 aromatic heterocycles. The van der Waals surface area contributed by atoms with Crippen LogP contribution in [0.3, 0.4) is 0 Å². The van der Waals surface area contributed by atoms with Crippen molar-refractivity contribution in [3.63, 3.8) is 0 Å². The van der Waals surface area contributed by atoms with E-state index >= 15 is 0 Å². The highest BCUT2D eigenvalue weighted by Gasteiger charge is 2.23. The van der Waals surface area contributed by atoms with Crippen LogP contribution in [0.15, 0.2) is 42.5 Å². The minimum absolute atomic E-state index is 0.0748. The zero-order valence-corrected chi connectivity index (χ0v) is 12.6. The lowest BCUT2D eigenvalue weighted by molar-refractivity contribution is 0.0925. The van der Waals surface area contributed by atoms with Gasteiger partial charge >= 0.3 is 0 Å². The van der Waals surface area contributed by atoms with Gasteiger partial charge in [0.2, 0.25) is 0 Å². The first-order valence-corrected chi connectivity index (χ1v) is 7.38. The van der Waals surface area contributed by atoms with E-state index in [1.165, 1.54) is 0 Å². The maximum Gasteiger partial charge on any atom is 0.253 e. The number of hydrogen-bond donors (Lipinski definition) is 1. The fourth-order valence-corrected chi connectivity index (χ4v) is 2.90. The highest BCUT2D eigenvalue weighted by Crippen LogP contribution is 2.32. The van der Waals surface area contributed by atoms with E-state index in [0.29, 0.717) is 22.2 Å². The van der Waals surface area contributed by atoms with Crippen molar-refractivity contribution >= 4 is 29.1 Å². The van der Waals surface area contributed by atoms with Crippen LogP contribution in [-0.4, -0.2) is 12.5 Å². The average Bonchev–Trinajstić information content (AvgIpc) is 2.47. The first-order chi connectivity index (χ1) is 10.1. The number of hydrogen-bond acceptors (Lipinski definition) is 2. The Labute approximate surface area is 132 Å². The van der Waals surface area contributed by atoms with Gasteiger partial charge in [0.15, 0.2) is 0 Å². The molecule has 0 saturated carbocycles. The lowest BCUT2D eigenvalue weighted by Gasteiger charge is -2.26. The maximum atomic E-state index is 12.4. The molecule has 2 aromatic carbocycles. The van der Waals surface area contributed by atoms with Crippen molar-refractivity contribution in [3.8, 4) is 5.75 Å². The Balaban J connectivity index is 1.83. The summed E-state index contributed by atoms with van der Waals surface area (Å²) >= 11 is 11.9. The summed E-state index contributed by atoms with van der Waals surface area (Å²) in [5, 5.41) is 3.86. The SMILES string of the molecule is O=C(NC1CCOc2ccccc21)c1ccc(Cl)cc1Cl. The number of carbonyl (C=O) groups excluding carboxylic acids is 1. The zero-order valence-electron chi connectivity index (χ0n) is 11.1. The van der Waals surface area contributed by atoms with E-state index in [1.54, 1.807) is 18.2 Å². The van der Waals surface area contributed by atoms with Crippen molar-refractivity contribution in [2.75, 3.05) is 6.61 Å². The van der Waals surface area contributed by atoms with Crippen molar-refractivity contribution in [2.24, 2.45) is 0 Å². The van der Waals surface area contributed by atoms with Gasteiger partial charge in [-0.1, -0.05) is 41.4 Å². The van der Waals surface area contributed by atoms with Crippen molar-refractivity contribution < 1.29 is 9.53 Å². The maximum absolute atomic E-state index is 12.4. The molecule has 3 rings (SSSR count). The Kier molecular flexibility index (Phi) is 4.04. The monoisotopic (exact) mass is 321 g/mol. The Morgan fingerprint density at radius 1 is 1.19 bits per heavy atom. The van der Waals surface area contributed by atoms with Gasteiger partial charge < -0.3 is 10.1 Å². The number of benzene rings is 2. The zero-order chi connectivity index (χ0) is 14.8. The van der Waals surface area contributed by atoms with E-state index in [0.717, 1.165) is 17.7 Å². The van der Waals surface area contributed by atoms with Crippen molar-refractivity contribution in [2.45, 2.75) is 12.5 Å². The summed E-state index contributed by atoms with van der Waals surface area (Å²) < 4.78 is 5.59. The van der Waals surface area contributed by atoms with Gasteiger partial charge in [0.25, 0.3) is 5.91 Å². The number of para-hydroxylation sites is 1. The van der Waals surface area contributed by atoms with Gasteiger partial charge in [0.1, 0.15) is 5.75 Å². The fraction of sp³-hybridized carbons (Fsp3) is 0.188. The minimum atomic E-state index is -0.210. The molecule has 1 amide bonds. The number of halogens is 2. The molecule has 0 bridgehead atoms. The van der Waals surface area contributed by atoms with Crippen LogP contribution in [0.1, 0.15) is 28.4 Å². The molecule has 0 aliphatic carbocycles. The van der Waals surface area contributed by atoms with Crippen LogP contribution in [0.4, 0.5) is 0 Å². The summed E-state index contributed by atoms with van der Waals surface area (Å²) in [6.45, 7) is 0.580. The summed E-state index contributed by atoms with van der Waals surface area (Å²) in [6.07, 6.45) is 0.730. The molecule has 0 spiro atoms. The molecular formula is C16H13Cl2NO2. The standard InChI is InChI=1S/C16H13Cl2NO2/c17-10-5-6-11(13(18)9-10)16(20)19-14-7-8-21-15-4-2-1-3-12(14)15/h1-6,9,14H,7-8H2,(H,19,20). The van der Waals surface area contributed by atoms with Gasteiger partial charge in [-0.3, -0.25) is 4.79 Å². The largest absolute Gasteiger partial charge is 0.493 e. The number of nitrogens with one attached hydrogen (secondary N) is 1. The Hall–Kier alpha value is -1.71. The van der Waals surface area contributed by atoms with Crippen LogP contribution in [0.5, 0.6) is 5.75 Å². The first-order valence-electron chi connectivity index (χ1n) is 6.63. The second-order valence-electron chi connectivity index (χ2n) is 4.83. The third kappa shape index (κ3) is 2.99. The molecule has 1 N–H and O–H groups in total. The lowest BCUT2D eigenvalue weighted by Crippen LogP contribution is -2.32. The molecule has 1 atom stereocenters. The third-order valence-corrected chi connectivity index (χ3v) is 3.99. The van der Waals surface area contributed by atoms with E-state index in [4.69, 9.17) is 27.9 Å². The number of rotatable bonds is 2. The van der Waals surface area contributed by atoms with Gasteiger partial charge in [-0.2, -0.15) is 0 Å². The summed E-state index contributed by atoms with van der Waals surface area (Å²) in [5.41, 5.74) is 1.41. The van der Waals surface area contributed by atoms with Gasteiger partial charge in [-0.15, -0.1) is 0 Å². The molecule has 0 radical (unpaired) electrons. The third-order valence-electron chi connectivity index (χ3n) is 3.44. The topological polar surface area (TPSA) is 38.3 Å². The number of ether oxygens (including phenoxy) is 1. The van der Waals surface area contributed by atoms with Crippen molar-refractivity contribution in [3.05, 3.63) is 63.6 Å². The van der Waals surface area contributed by atoms with Crippen LogP contribution < -0.4 is 10.1 Å². The molecule has 1 aliphatic heterocycles. The molecule has 21 heavy (non-hydrogen) atoms. The Morgan fingerprint density at radius 2 is 2.00 bits per heavy atom. The Morgan fingerprint density at radius 3 is 2.81 bits per heavy atom. The predicted molar refractivity (Wildman–Crippen MR) is 83.2 cm³/mol. The first kappa shape index (κ1) is 14.2. The predicted octanol–water partition coefficient (Wildman–Crippen LogP) is 4.25. The van der Waals surface area contributed by atoms with Crippen molar-refractivity contribution in [1.82, 2.24) is 5.32 Å². The molecular weight excluding hydrogens is 309 g/mol. The van der Waals surface area contributed by atoms with Crippen LogP contribution >= 0.6 is 23.2 Å². The van der Waals surface area contributed by atoms with E-state index in [9.17, 15) is 4.79 Å². The van der Waals surface area contributed by atoms with E-state index in [2.05, 4.69) is 5.32 Å². The normalized spacial score (nSPS) is 16.8. The molecule has 108 valence electrons. The van der Waals surface area contributed by atoms with Crippen molar-refractivity contribution in [1.29, 1.82) is 0 Å². The van der Waals surface area contributed by atoms with Gasteiger partial charge in [-0.05, 0) is 24.3 Å². The number of carbonyl (C=O) groups is 1. The van der Waals surface area contributed by atoms with E-state index in [1.807, 2.05) is 24.3 Å². The molecule has 2 aromatic rings. The van der Waals surface area contributed by atoms with Gasteiger partial charge in [0, 0.05) is 17.0 Å². The highest BCUT2D eigenvalue weighted by atomic mass is 35.5. The van der Waals surface area contributed by atoms with E-state index < -0.39 is 0 Å². The molecule has 5 heteroatoms. The summed E-state index contributed by atoms with van der Waals surface area (Å²) in [7, 11) is 0. The molecule has 0 saturated heterocycles. The Bertz CT molecular complexity index is 688. The average molecular weight is 322 g/mol. The smallest absolute Gasteiger partial charge is 0.253 e. The van der Waals surface area contributed by atoms with Crippen LogP contribution in [0, 0.1) is 0 Å². The van der Waals surface area contributed by atoms with Gasteiger partial charge in [-0.25, -0.2) is 0 Å². The molecule has 1 heterocycles. The minimum Gasteiger partial charge on any atom is -0.493 e. The number of amides is 1. The summed E-state index contributed by atoms with van der Waals surface area (Å²) in [4.78, 5) is 12.4. The molecule has 0 fully saturated rings. The van der Waals surface area contributed by atoms with Crippen LogP contribution in [0.25, 0.3) is 0 Å². The summed E-state index contributed by atoms with van der Waals surface area (Å²) in [5.74, 6) is 0.606. The lowest BCUT2D eigenvalue weighted by atomic mass is 10.00. The second-order valence-corrected chi connectivity index (χ2v) is 5.67. The quantitative estimate of drug-likeness (QED) is 0.898. The van der Waals surface area contributed by atoms with Gasteiger partial charge in [0.05, 0.1) is 23.2 Å². The number of fused-ring (bicyclic) bond motifs is 1. The molecule has 1 aliphatic rings. The fourth-order valence-electron chi connectivity index (χ4n) is 2.40. The van der Waals surface area contributed by atoms with Crippen LogP contribution in [-0.2, 0) is 0 Å². The molecule has 1 unspecified atom stereocenters. The summed E-state index contributed by atoms with van der Waals surface area (Å²) in [6, 6.07) is 12.5. The highest BCUT2D eigenvalue weighted by molar-refractivity contribution is 6.36. The second kappa shape index (κ2) is 5.96. The molecule has 3 nitrogen and oxygen atoms in total.